The van der Waals surface area contributed by atoms with Crippen molar-refractivity contribution in [1.29, 1.82) is 0 Å². The third kappa shape index (κ3) is 2.10. The fourth-order valence-corrected chi connectivity index (χ4v) is 3.30. The van der Waals surface area contributed by atoms with Crippen LogP contribution in [-0.4, -0.2) is 8.76 Å². The number of thiophene rings is 1. The van der Waals surface area contributed by atoms with Crippen molar-refractivity contribution in [2.75, 3.05) is 0 Å². The van der Waals surface area contributed by atoms with Crippen molar-refractivity contribution in [2.45, 2.75) is 11.8 Å². The molecule has 2 rings (SSSR count). The molecule has 0 amide bonds. The van der Waals surface area contributed by atoms with Gasteiger partial charge >= 0.3 is 29.6 Å². The number of hydrogen-bond acceptors (Lipinski definition) is 3. The van der Waals surface area contributed by atoms with Gasteiger partial charge in [0.15, 0.2) is 0 Å². The summed E-state index contributed by atoms with van der Waals surface area (Å²) in [6, 6.07) is 7.54. The van der Waals surface area contributed by atoms with Crippen LogP contribution in [0.25, 0.3) is 10.1 Å². The number of hydrogen-bond donors (Lipinski definition) is 0. The molecule has 1 unspecified atom stereocenters. The SMILES string of the molecule is Cc1sc2ccccc2c1S(=O)[O-].[Na+]. The average Bonchev–Trinajstić information content (AvgIpc) is 2.39. The minimum Gasteiger partial charge on any atom is -0.768 e. The monoisotopic (exact) mass is 234 g/mol. The average molecular weight is 234 g/mol. The first-order valence-electron chi connectivity index (χ1n) is 3.77. The zero-order chi connectivity index (χ0) is 9.42. The fraction of sp³-hybridized carbons (Fsp3) is 0.111. The summed E-state index contributed by atoms with van der Waals surface area (Å²) in [5.74, 6) is 0. The van der Waals surface area contributed by atoms with E-state index in [2.05, 4.69) is 0 Å². The smallest absolute Gasteiger partial charge is 0.768 e. The van der Waals surface area contributed by atoms with Crippen LogP contribution in [-0.2, 0) is 11.1 Å². The van der Waals surface area contributed by atoms with Gasteiger partial charge in [-0.1, -0.05) is 18.2 Å². The quantitative estimate of drug-likeness (QED) is 0.491. The number of aryl methyl sites for hydroxylation is 1. The molecule has 5 heteroatoms. The van der Waals surface area contributed by atoms with Gasteiger partial charge < -0.3 is 4.55 Å². The third-order valence-electron chi connectivity index (χ3n) is 1.88. The van der Waals surface area contributed by atoms with Crippen molar-refractivity contribution >= 4 is 32.5 Å². The molecule has 68 valence electrons. The summed E-state index contributed by atoms with van der Waals surface area (Å²) >= 11 is -0.610. The van der Waals surface area contributed by atoms with E-state index >= 15 is 0 Å². The minimum atomic E-state index is -2.12. The van der Waals surface area contributed by atoms with Gasteiger partial charge in [0.05, 0.1) is 0 Å². The summed E-state index contributed by atoms with van der Waals surface area (Å²) in [5, 5.41) is 0.832. The first-order valence-corrected chi connectivity index (χ1v) is 5.66. The summed E-state index contributed by atoms with van der Waals surface area (Å²) in [5.41, 5.74) is 0. The first-order chi connectivity index (χ1) is 6.20. The number of rotatable bonds is 1. The Morgan fingerprint density at radius 3 is 2.64 bits per heavy atom. The van der Waals surface area contributed by atoms with Crippen LogP contribution in [0, 0.1) is 6.92 Å². The van der Waals surface area contributed by atoms with E-state index in [9.17, 15) is 8.76 Å². The first kappa shape index (κ1) is 12.4. The molecule has 0 fully saturated rings. The summed E-state index contributed by atoms with van der Waals surface area (Å²) in [4.78, 5) is 1.30. The van der Waals surface area contributed by atoms with Crippen LogP contribution in [0.15, 0.2) is 29.2 Å². The summed E-state index contributed by atoms with van der Waals surface area (Å²) < 4.78 is 22.8. The Labute approximate surface area is 111 Å². The molecule has 0 aliphatic rings. The molecule has 2 nitrogen and oxygen atoms in total. The van der Waals surface area contributed by atoms with Crippen LogP contribution in [0.5, 0.6) is 0 Å². The Morgan fingerprint density at radius 2 is 2.00 bits per heavy atom. The standard InChI is InChI=1S/C9H8O2S2.Na/c1-6-9(13(10)11)7-4-2-3-5-8(7)12-6;/h2-5H,1H3,(H,10,11);/q;+1/p-1. The maximum Gasteiger partial charge on any atom is 1.00 e. The van der Waals surface area contributed by atoms with Crippen LogP contribution < -0.4 is 29.6 Å². The summed E-state index contributed by atoms with van der Waals surface area (Å²) in [7, 11) is 0. The van der Waals surface area contributed by atoms with Crippen molar-refractivity contribution in [3.63, 3.8) is 0 Å². The molecule has 1 heterocycles. The molecular formula is C9H7NaO2S2. The van der Waals surface area contributed by atoms with Crippen molar-refractivity contribution in [1.82, 2.24) is 0 Å². The van der Waals surface area contributed by atoms with Gasteiger partial charge in [-0.3, -0.25) is 4.21 Å². The molecule has 0 spiro atoms. The maximum atomic E-state index is 10.9. The van der Waals surface area contributed by atoms with Crippen LogP contribution in [0.1, 0.15) is 4.88 Å². The Hall–Kier alpha value is 0.290. The zero-order valence-corrected chi connectivity index (χ0v) is 11.6. The topological polar surface area (TPSA) is 40.1 Å². The van der Waals surface area contributed by atoms with Gasteiger partial charge in [0, 0.05) is 19.9 Å². The molecular weight excluding hydrogens is 227 g/mol. The molecule has 2 aromatic rings. The predicted octanol–water partition coefficient (Wildman–Crippen LogP) is -0.548. The molecule has 0 aliphatic heterocycles. The fourth-order valence-electron chi connectivity index (χ4n) is 1.35. The van der Waals surface area contributed by atoms with E-state index in [0.717, 1.165) is 15.0 Å². The van der Waals surface area contributed by atoms with E-state index < -0.39 is 11.1 Å². The number of benzene rings is 1. The van der Waals surface area contributed by atoms with E-state index in [1.165, 1.54) is 11.3 Å². The van der Waals surface area contributed by atoms with E-state index in [4.69, 9.17) is 0 Å². The molecule has 0 aliphatic carbocycles. The van der Waals surface area contributed by atoms with Crippen molar-refractivity contribution in [3.05, 3.63) is 29.1 Å². The van der Waals surface area contributed by atoms with Crippen molar-refractivity contribution in [3.8, 4) is 0 Å². The van der Waals surface area contributed by atoms with Gasteiger partial charge in [-0.15, -0.1) is 11.3 Å². The van der Waals surface area contributed by atoms with Gasteiger partial charge in [0.1, 0.15) is 0 Å². The third-order valence-corrected chi connectivity index (χ3v) is 3.96. The Balaban J connectivity index is 0.000000980. The van der Waals surface area contributed by atoms with Crippen LogP contribution in [0.2, 0.25) is 0 Å². The van der Waals surface area contributed by atoms with Crippen molar-refractivity contribution < 1.29 is 38.3 Å². The summed E-state index contributed by atoms with van der Waals surface area (Å²) in [6.07, 6.45) is 0. The van der Waals surface area contributed by atoms with Gasteiger partial charge in [-0.2, -0.15) is 0 Å². The van der Waals surface area contributed by atoms with E-state index in [1.54, 1.807) is 0 Å². The predicted molar refractivity (Wildman–Crippen MR) is 53.7 cm³/mol. The zero-order valence-electron chi connectivity index (χ0n) is 7.94. The molecule has 1 atom stereocenters. The van der Waals surface area contributed by atoms with E-state index in [1.807, 2.05) is 31.2 Å². The minimum absolute atomic E-state index is 0. The van der Waals surface area contributed by atoms with Crippen molar-refractivity contribution in [2.24, 2.45) is 0 Å². The summed E-state index contributed by atoms with van der Waals surface area (Å²) in [6.45, 7) is 1.83. The van der Waals surface area contributed by atoms with Gasteiger partial charge in [0.2, 0.25) is 0 Å². The molecule has 0 N–H and O–H groups in total. The molecule has 1 aromatic heterocycles. The van der Waals surface area contributed by atoms with Crippen LogP contribution >= 0.6 is 11.3 Å². The Kier molecular flexibility index (Phi) is 4.30. The molecule has 0 radical (unpaired) electrons. The van der Waals surface area contributed by atoms with E-state index in [0.29, 0.717) is 4.90 Å². The van der Waals surface area contributed by atoms with Crippen LogP contribution in [0.3, 0.4) is 0 Å². The molecule has 0 saturated heterocycles. The Morgan fingerprint density at radius 1 is 1.36 bits per heavy atom. The molecule has 1 aromatic carbocycles. The molecule has 0 bridgehead atoms. The maximum absolute atomic E-state index is 10.9. The second-order valence-electron chi connectivity index (χ2n) is 2.72. The van der Waals surface area contributed by atoms with Gasteiger partial charge in [-0.25, -0.2) is 0 Å². The molecule has 14 heavy (non-hydrogen) atoms. The largest absolute Gasteiger partial charge is 1.00 e. The van der Waals surface area contributed by atoms with E-state index in [-0.39, 0.29) is 29.6 Å². The normalized spacial score (nSPS) is 12.4. The van der Waals surface area contributed by atoms with Gasteiger partial charge in [0.25, 0.3) is 0 Å². The Bertz CT molecular complexity index is 479. The van der Waals surface area contributed by atoms with Crippen LogP contribution in [0.4, 0.5) is 0 Å². The van der Waals surface area contributed by atoms with Gasteiger partial charge in [-0.05, 0) is 24.1 Å². The second-order valence-corrected chi connectivity index (χ2v) is 4.85. The second kappa shape index (κ2) is 4.88. The molecule has 0 saturated carbocycles. The number of fused-ring (bicyclic) bond motifs is 1.